The molecule has 0 bridgehead atoms. The van der Waals surface area contributed by atoms with Crippen molar-refractivity contribution in [2.75, 3.05) is 0 Å². The maximum atomic E-state index is 10.5. The maximum absolute atomic E-state index is 10.5. The minimum atomic E-state index is -0.904. The van der Waals surface area contributed by atoms with Crippen molar-refractivity contribution in [3.05, 3.63) is 41.5 Å². The molecule has 0 fully saturated rings. The fourth-order valence-corrected chi connectivity index (χ4v) is 1.56. The molecular weight excluding hydrogens is 200 g/mol. The number of hydrogen-bond acceptors (Lipinski definition) is 1. The second kappa shape index (κ2) is 6.11. The van der Waals surface area contributed by atoms with E-state index >= 15 is 0 Å². The van der Waals surface area contributed by atoms with E-state index in [0.717, 1.165) is 18.4 Å². The highest BCUT2D eigenvalue weighted by Gasteiger charge is 2.04. The van der Waals surface area contributed by atoms with E-state index in [-0.39, 0.29) is 0 Å². The van der Waals surface area contributed by atoms with Gasteiger partial charge in [-0.05, 0) is 29.5 Å². The largest absolute Gasteiger partial charge is 0.478 e. The molecule has 0 heterocycles. The average molecular weight is 218 g/mol. The molecule has 0 aliphatic carbocycles. The summed E-state index contributed by atoms with van der Waals surface area (Å²) >= 11 is 0. The topological polar surface area (TPSA) is 37.3 Å². The molecule has 0 aliphatic rings. The predicted molar refractivity (Wildman–Crippen MR) is 66.3 cm³/mol. The van der Waals surface area contributed by atoms with Gasteiger partial charge in [-0.15, -0.1) is 0 Å². The molecule has 0 aromatic heterocycles. The number of aliphatic carboxylic acids is 1. The molecule has 0 spiro atoms. The van der Waals surface area contributed by atoms with Crippen LogP contribution in [0, 0.1) is 5.92 Å². The van der Waals surface area contributed by atoms with Gasteiger partial charge in [0.05, 0.1) is 0 Å². The van der Waals surface area contributed by atoms with Gasteiger partial charge in [0.2, 0.25) is 0 Å². The summed E-state index contributed by atoms with van der Waals surface area (Å²) in [7, 11) is 0. The Morgan fingerprint density at radius 1 is 1.44 bits per heavy atom. The SMILES string of the molecule is CCC(C)Cc1ccccc1/C=C/C(=O)O. The van der Waals surface area contributed by atoms with Crippen LogP contribution in [-0.2, 0) is 11.2 Å². The predicted octanol–water partition coefficient (Wildman–Crippen LogP) is 3.37. The Kier molecular flexibility index (Phi) is 4.77. The highest BCUT2D eigenvalue weighted by molar-refractivity contribution is 5.85. The molecule has 1 rings (SSSR count). The molecule has 0 amide bonds. The second-order valence-corrected chi connectivity index (χ2v) is 4.09. The third-order valence-electron chi connectivity index (χ3n) is 2.73. The highest BCUT2D eigenvalue weighted by atomic mass is 16.4. The van der Waals surface area contributed by atoms with Gasteiger partial charge < -0.3 is 5.11 Å². The first kappa shape index (κ1) is 12.5. The van der Waals surface area contributed by atoms with Gasteiger partial charge in [0.1, 0.15) is 0 Å². The lowest BCUT2D eigenvalue weighted by atomic mass is 9.95. The van der Waals surface area contributed by atoms with Gasteiger partial charge in [0, 0.05) is 6.08 Å². The van der Waals surface area contributed by atoms with Crippen LogP contribution in [0.3, 0.4) is 0 Å². The summed E-state index contributed by atoms with van der Waals surface area (Å²) in [6, 6.07) is 7.95. The van der Waals surface area contributed by atoms with Crippen LogP contribution in [0.25, 0.3) is 6.08 Å². The van der Waals surface area contributed by atoms with Crippen LogP contribution in [-0.4, -0.2) is 11.1 Å². The molecule has 0 saturated carbocycles. The summed E-state index contributed by atoms with van der Waals surface area (Å²) in [5, 5.41) is 8.61. The summed E-state index contributed by atoms with van der Waals surface area (Å²) in [5.74, 6) is -0.280. The van der Waals surface area contributed by atoms with E-state index in [2.05, 4.69) is 19.9 Å². The number of hydrogen-bond donors (Lipinski definition) is 1. The average Bonchev–Trinajstić information content (AvgIpc) is 2.27. The molecule has 1 aromatic carbocycles. The number of carboxylic acid groups (broad SMARTS) is 1. The molecule has 2 nitrogen and oxygen atoms in total. The van der Waals surface area contributed by atoms with E-state index in [1.54, 1.807) is 6.08 Å². The van der Waals surface area contributed by atoms with Crippen molar-refractivity contribution in [3.63, 3.8) is 0 Å². The van der Waals surface area contributed by atoms with Crippen LogP contribution in [0.1, 0.15) is 31.4 Å². The Morgan fingerprint density at radius 3 is 2.75 bits per heavy atom. The van der Waals surface area contributed by atoms with Gasteiger partial charge in [-0.3, -0.25) is 0 Å². The fourth-order valence-electron chi connectivity index (χ4n) is 1.56. The van der Waals surface area contributed by atoms with Crippen LogP contribution >= 0.6 is 0 Å². The molecular formula is C14H18O2. The smallest absolute Gasteiger partial charge is 0.328 e. The Bertz CT molecular complexity index is 380. The van der Waals surface area contributed by atoms with Crippen molar-refractivity contribution in [2.24, 2.45) is 5.92 Å². The van der Waals surface area contributed by atoms with Crippen molar-refractivity contribution in [1.29, 1.82) is 0 Å². The first-order chi connectivity index (χ1) is 7.63. The van der Waals surface area contributed by atoms with Gasteiger partial charge in [0.25, 0.3) is 0 Å². The molecule has 2 heteroatoms. The molecule has 1 unspecified atom stereocenters. The number of benzene rings is 1. The number of carbonyl (C=O) groups is 1. The van der Waals surface area contributed by atoms with Gasteiger partial charge in [0.15, 0.2) is 0 Å². The molecule has 86 valence electrons. The Morgan fingerprint density at radius 2 is 2.12 bits per heavy atom. The second-order valence-electron chi connectivity index (χ2n) is 4.09. The third kappa shape index (κ3) is 3.89. The van der Waals surface area contributed by atoms with Crippen LogP contribution in [0.2, 0.25) is 0 Å². The van der Waals surface area contributed by atoms with E-state index in [1.807, 2.05) is 18.2 Å². The minimum Gasteiger partial charge on any atom is -0.478 e. The maximum Gasteiger partial charge on any atom is 0.328 e. The highest BCUT2D eigenvalue weighted by Crippen LogP contribution is 2.17. The monoisotopic (exact) mass is 218 g/mol. The quantitative estimate of drug-likeness (QED) is 0.769. The van der Waals surface area contributed by atoms with E-state index < -0.39 is 5.97 Å². The zero-order chi connectivity index (χ0) is 12.0. The van der Waals surface area contributed by atoms with Crippen LogP contribution in [0.4, 0.5) is 0 Å². The first-order valence-electron chi connectivity index (χ1n) is 5.62. The fraction of sp³-hybridized carbons (Fsp3) is 0.357. The molecule has 1 atom stereocenters. The van der Waals surface area contributed by atoms with Gasteiger partial charge >= 0.3 is 5.97 Å². The lowest BCUT2D eigenvalue weighted by Gasteiger charge is -2.10. The van der Waals surface area contributed by atoms with Crippen molar-refractivity contribution in [3.8, 4) is 0 Å². The zero-order valence-electron chi connectivity index (χ0n) is 9.81. The van der Waals surface area contributed by atoms with Crippen LogP contribution < -0.4 is 0 Å². The molecule has 0 saturated heterocycles. The lowest BCUT2D eigenvalue weighted by Crippen LogP contribution is -1.99. The van der Waals surface area contributed by atoms with E-state index in [4.69, 9.17) is 5.11 Å². The zero-order valence-corrected chi connectivity index (χ0v) is 9.81. The van der Waals surface area contributed by atoms with Crippen molar-refractivity contribution >= 4 is 12.0 Å². The van der Waals surface area contributed by atoms with Crippen molar-refractivity contribution in [1.82, 2.24) is 0 Å². The Hall–Kier alpha value is -1.57. The summed E-state index contributed by atoms with van der Waals surface area (Å²) in [6.07, 6.45) is 4.99. The molecule has 1 aromatic rings. The number of rotatable bonds is 5. The van der Waals surface area contributed by atoms with Gasteiger partial charge in [-0.2, -0.15) is 0 Å². The van der Waals surface area contributed by atoms with Gasteiger partial charge in [-0.1, -0.05) is 44.5 Å². The van der Waals surface area contributed by atoms with Gasteiger partial charge in [-0.25, -0.2) is 4.79 Å². The first-order valence-corrected chi connectivity index (χ1v) is 5.62. The minimum absolute atomic E-state index is 0.624. The van der Waals surface area contributed by atoms with E-state index in [1.165, 1.54) is 11.6 Å². The molecule has 16 heavy (non-hydrogen) atoms. The summed E-state index contributed by atoms with van der Waals surface area (Å²) < 4.78 is 0. The van der Waals surface area contributed by atoms with Crippen LogP contribution in [0.5, 0.6) is 0 Å². The molecule has 0 radical (unpaired) electrons. The Balaban J connectivity index is 2.87. The Labute approximate surface area is 96.6 Å². The summed E-state index contributed by atoms with van der Waals surface area (Å²) in [5.41, 5.74) is 2.22. The standard InChI is InChI=1S/C14H18O2/c1-3-11(2)10-13-7-5-4-6-12(13)8-9-14(15)16/h4-9,11H,3,10H2,1-2H3,(H,15,16)/b9-8+. The van der Waals surface area contributed by atoms with E-state index in [0.29, 0.717) is 5.92 Å². The molecule has 1 N–H and O–H groups in total. The van der Waals surface area contributed by atoms with Crippen molar-refractivity contribution in [2.45, 2.75) is 26.7 Å². The van der Waals surface area contributed by atoms with Crippen molar-refractivity contribution < 1.29 is 9.90 Å². The summed E-state index contributed by atoms with van der Waals surface area (Å²) in [4.78, 5) is 10.5. The van der Waals surface area contributed by atoms with E-state index in [9.17, 15) is 4.79 Å². The normalized spacial score (nSPS) is 12.9. The third-order valence-corrected chi connectivity index (χ3v) is 2.73. The lowest BCUT2D eigenvalue weighted by molar-refractivity contribution is -0.131. The van der Waals surface area contributed by atoms with Crippen LogP contribution in [0.15, 0.2) is 30.3 Å². The summed E-state index contributed by atoms with van der Waals surface area (Å²) in [6.45, 7) is 4.37. The number of carboxylic acids is 1. The molecule has 0 aliphatic heterocycles.